The molecular weight excluding hydrogens is 294 g/mol. The lowest BCUT2D eigenvalue weighted by molar-refractivity contribution is 0.297. The summed E-state index contributed by atoms with van der Waals surface area (Å²) in [6.07, 6.45) is 1.97. The zero-order valence-electron chi connectivity index (χ0n) is 10.9. The summed E-state index contributed by atoms with van der Waals surface area (Å²) in [7, 11) is 0. The van der Waals surface area contributed by atoms with Crippen molar-refractivity contribution in [3.05, 3.63) is 22.2 Å². The molecule has 0 amide bonds. The van der Waals surface area contributed by atoms with Gasteiger partial charge in [0.2, 0.25) is 0 Å². The highest BCUT2D eigenvalue weighted by Crippen LogP contribution is 2.38. The minimum atomic E-state index is 0.0153. The van der Waals surface area contributed by atoms with Gasteiger partial charge in [-0.25, -0.2) is 0 Å². The molecule has 1 heterocycles. The van der Waals surface area contributed by atoms with Crippen LogP contribution in [0, 0.1) is 5.92 Å². The Morgan fingerprint density at radius 3 is 2.50 bits per heavy atom. The Kier molecular flexibility index (Phi) is 4.51. The standard InChI is InChI=1S/C14H20BrNO2/c1-3-9(2)14(16)10-7-12-13(8-11(10)15)18-6-4-5-17-12/h7-9,14H,3-6,16H2,1-2H3. The Hall–Kier alpha value is -0.740. The van der Waals surface area contributed by atoms with E-state index >= 15 is 0 Å². The van der Waals surface area contributed by atoms with E-state index in [1.165, 1.54) is 0 Å². The van der Waals surface area contributed by atoms with Crippen molar-refractivity contribution < 1.29 is 9.47 Å². The van der Waals surface area contributed by atoms with Crippen LogP contribution in [0.1, 0.15) is 38.3 Å². The predicted molar refractivity (Wildman–Crippen MR) is 76.1 cm³/mol. The van der Waals surface area contributed by atoms with Gasteiger partial charge < -0.3 is 15.2 Å². The van der Waals surface area contributed by atoms with Crippen LogP contribution in [0.4, 0.5) is 0 Å². The number of hydrogen-bond donors (Lipinski definition) is 1. The number of hydrogen-bond acceptors (Lipinski definition) is 3. The van der Waals surface area contributed by atoms with Crippen molar-refractivity contribution in [2.45, 2.75) is 32.7 Å². The van der Waals surface area contributed by atoms with Crippen LogP contribution in [0.25, 0.3) is 0 Å². The molecule has 1 aliphatic heterocycles. The summed E-state index contributed by atoms with van der Waals surface area (Å²) < 4.78 is 12.4. The number of fused-ring (bicyclic) bond motifs is 1. The molecule has 0 spiro atoms. The molecule has 0 aromatic heterocycles. The van der Waals surface area contributed by atoms with Crippen molar-refractivity contribution in [1.82, 2.24) is 0 Å². The third-order valence-corrected chi connectivity index (χ3v) is 4.17. The first-order valence-electron chi connectivity index (χ1n) is 6.48. The van der Waals surface area contributed by atoms with Crippen molar-refractivity contribution in [3.8, 4) is 11.5 Å². The summed E-state index contributed by atoms with van der Waals surface area (Å²) in [6, 6.07) is 4.00. The van der Waals surface area contributed by atoms with E-state index in [0.717, 1.165) is 34.4 Å². The molecule has 0 saturated carbocycles. The van der Waals surface area contributed by atoms with Crippen LogP contribution in [-0.4, -0.2) is 13.2 Å². The topological polar surface area (TPSA) is 44.5 Å². The maximum Gasteiger partial charge on any atom is 0.162 e. The van der Waals surface area contributed by atoms with E-state index in [0.29, 0.717) is 19.1 Å². The van der Waals surface area contributed by atoms with E-state index in [1.54, 1.807) is 0 Å². The number of rotatable bonds is 3. The highest BCUT2D eigenvalue weighted by Gasteiger charge is 2.20. The highest BCUT2D eigenvalue weighted by molar-refractivity contribution is 9.10. The molecule has 2 N–H and O–H groups in total. The third kappa shape index (κ3) is 2.81. The lowest BCUT2D eigenvalue weighted by Crippen LogP contribution is -2.19. The molecule has 2 rings (SSSR count). The minimum Gasteiger partial charge on any atom is -0.490 e. The number of halogens is 1. The van der Waals surface area contributed by atoms with Crippen molar-refractivity contribution in [3.63, 3.8) is 0 Å². The van der Waals surface area contributed by atoms with Gasteiger partial charge in [-0.15, -0.1) is 0 Å². The van der Waals surface area contributed by atoms with Gasteiger partial charge in [0.1, 0.15) is 0 Å². The summed E-state index contributed by atoms with van der Waals surface area (Å²) >= 11 is 3.58. The fourth-order valence-corrected chi connectivity index (χ4v) is 2.60. The summed E-state index contributed by atoms with van der Waals surface area (Å²) in [5.74, 6) is 2.05. The molecule has 100 valence electrons. The van der Waals surface area contributed by atoms with Crippen molar-refractivity contribution >= 4 is 15.9 Å². The molecule has 0 radical (unpaired) electrons. The van der Waals surface area contributed by atoms with Crippen LogP contribution >= 0.6 is 15.9 Å². The zero-order chi connectivity index (χ0) is 13.1. The molecule has 3 nitrogen and oxygen atoms in total. The van der Waals surface area contributed by atoms with Gasteiger partial charge >= 0.3 is 0 Å². The Morgan fingerprint density at radius 2 is 1.89 bits per heavy atom. The average Bonchev–Trinajstić information content (AvgIpc) is 2.60. The molecule has 1 aromatic rings. The molecule has 0 fully saturated rings. The Morgan fingerprint density at radius 1 is 1.28 bits per heavy atom. The summed E-state index contributed by atoms with van der Waals surface area (Å²) in [5.41, 5.74) is 7.39. The van der Waals surface area contributed by atoms with Crippen LogP contribution in [-0.2, 0) is 0 Å². The van der Waals surface area contributed by atoms with Crippen LogP contribution in [0.15, 0.2) is 16.6 Å². The van der Waals surface area contributed by atoms with E-state index in [2.05, 4.69) is 29.8 Å². The first-order chi connectivity index (χ1) is 8.63. The fourth-order valence-electron chi connectivity index (χ4n) is 2.02. The minimum absolute atomic E-state index is 0.0153. The molecule has 18 heavy (non-hydrogen) atoms. The third-order valence-electron chi connectivity index (χ3n) is 3.48. The second kappa shape index (κ2) is 5.93. The lowest BCUT2D eigenvalue weighted by Gasteiger charge is -2.21. The van der Waals surface area contributed by atoms with Gasteiger partial charge in [-0.1, -0.05) is 36.2 Å². The summed E-state index contributed by atoms with van der Waals surface area (Å²) in [4.78, 5) is 0. The fraction of sp³-hybridized carbons (Fsp3) is 0.571. The van der Waals surface area contributed by atoms with Crippen molar-refractivity contribution in [2.75, 3.05) is 13.2 Å². The van der Waals surface area contributed by atoms with Crippen LogP contribution in [0.5, 0.6) is 11.5 Å². The Bertz CT molecular complexity index is 423. The van der Waals surface area contributed by atoms with Gasteiger partial charge in [-0.05, 0) is 23.6 Å². The van der Waals surface area contributed by atoms with Gasteiger partial charge in [-0.3, -0.25) is 0 Å². The predicted octanol–water partition coefficient (Wildman–Crippen LogP) is 3.66. The lowest BCUT2D eigenvalue weighted by atomic mass is 9.93. The Labute approximate surface area is 117 Å². The normalized spacial score (nSPS) is 18.0. The zero-order valence-corrected chi connectivity index (χ0v) is 12.5. The van der Waals surface area contributed by atoms with Gasteiger partial charge in [0, 0.05) is 16.9 Å². The smallest absolute Gasteiger partial charge is 0.162 e. The van der Waals surface area contributed by atoms with E-state index in [4.69, 9.17) is 15.2 Å². The van der Waals surface area contributed by atoms with Crippen molar-refractivity contribution in [2.24, 2.45) is 11.7 Å². The Balaban J connectivity index is 2.34. The molecular formula is C14H20BrNO2. The van der Waals surface area contributed by atoms with Crippen LogP contribution in [0.3, 0.4) is 0 Å². The van der Waals surface area contributed by atoms with Crippen LogP contribution < -0.4 is 15.2 Å². The molecule has 4 heteroatoms. The largest absolute Gasteiger partial charge is 0.490 e. The van der Waals surface area contributed by atoms with Gasteiger partial charge in [0.25, 0.3) is 0 Å². The molecule has 1 aliphatic rings. The van der Waals surface area contributed by atoms with E-state index in [1.807, 2.05) is 12.1 Å². The van der Waals surface area contributed by atoms with Gasteiger partial charge in [0.05, 0.1) is 13.2 Å². The molecule has 2 atom stereocenters. The summed E-state index contributed by atoms with van der Waals surface area (Å²) in [6.45, 7) is 5.73. The summed E-state index contributed by atoms with van der Waals surface area (Å²) in [5, 5.41) is 0. The van der Waals surface area contributed by atoms with Crippen molar-refractivity contribution in [1.29, 1.82) is 0 Å². The molecule has 0 aliphatic carbocycles. The quantitative estimate of drug-likeness (QED) is 0.926. The molecule has 0 bridgehead atoms. The van der Waals surface area contributed by atoms with E-state index < -0.39 is 0 Å². The first-order valence-corrected chi connectivity index (χ1v) is 7.27. The van der Waals surface area contributed by atoms with Gasteiger partial charge in [0.15, 0.2) is 11.5 Å². The molecule has 1 aromatic carbocycles. The number of nitrogens with two attached hydrogens (primary N) is 1. The first kappa shape index (κ1) is 13.7. The van der Waals surface area contributed by atoms with E-state index in [-0.39, 0.29) is 6.04 Å². The SMILES string of the molecule is CCC(C)C(N)c1cc2c(cc1Br)OCCCO2. The maximum atomic E-state index is 6.30. The molecule has 2 unspecified atom stereocenters. The second-order valence-electron chi connectivity index (χ2n) is 4.78. The molecule has 0 saturated heterocycles. The van der Waals surface area contributed by atoms with E-state index in [9.17, 15) is 0 Å². The average molecular weight is 314 g/mol. The monoisotopic (exact) mass is 313 g/mol. The second-order valence-corrected chi connectivity index (χ2v) is 5.64. The maximum absolute atomic E-state index is 6.30. The van der Waals surface area contributed by atoms with Gasteiger partial charge in [-0.2, -0.15) is 0 Å². The highest BCUT2D eigenvalue weighted by atomic mass is 79.9. The van der Waals surface area contributed by atoms with Crippen LogP contribution in [0.2, 0.25) is 0 Å². The number of ether oxygens (including phenoxy) is 2. The number of benzene rings is 1.